The molecule has 32 heavy (non-hydrogen) atoms. The van der Waals surface area contributed by atoms with E-state index in [0.717, 1.165) is 42.0 Å². The summed E-state index contributed by atoms with van der Waals surface area (Å²) in [6.07, 6.45) is 10.4. The first-order valence-corrected chi connectivity index (χ1v) is 11.4. The Kier molecular flexibility index (Phi) is 4.71. The molecule has 2 aromatic carbocycles. The third kappa shape index (κ3) is 3.41. The van der Waals surface area contributed by atoms with Gasteiger partial charge in [0.05, 0.1) is 16.8 Å². The minimum atomic E-state index is -0.340. The molecule has 2 aliphatic carbocycles. The van der Waals surface area contributed by atoms with Gasteiger partial charge in [0, 0.05) is 35.9 Å². The van der Waals surface area contributed by atoms with Crippen LogP contribution in [-0.4, -0.2) is 5.71 Å². The van der Waals surface area contributed by atoms with Crippen molar-refractivity contribution in [3.63, 3.8) is 0 Å². The maximum atomic E-state index is 13.6. The predicted octanol–water partition coefficient (Wildman–Crippen LogP) is 6.27. The van der Waals surface area contributed by atoms with Crippen molar-refractivity contribution in [3.05, 3.63) is 71.2 Å². The monoisotopic (exact) mass is 427 g/mol. The van der Waals surface area contributed by atoms with Gasteiger partial charge >= 0.3 is 0 Å². The molecule has 0 amide bonds. The number of rotatable bonds is 3. The number of terminal acetylenes is 1. The molecule has 164 valence electrons. The van der Waals surface area contributed by atoms with Gasteiger partial charge in [-0.3, -0.25) is 0 Å². The van der Waals surface area contributed by atoms with Crippen LogP contribution in [0, 0.1) is 40.8 Å². The SMILES string of the molecule is C#Cc1cc(F)ccc1Nc1cccc2c1C[C@]21CC(=N)C(C2CC(C)(C)C2)CC(=C)N1. The van der Waals surface area contributed by atoms with Gasteiger partial charge in [0.2, 0.25) is 0 Å². The summed E-state index contributed by atoms with van der Waals surface area (Å²) in [6.45, 7) is 8.97. The van der Waals surface area contributed by atoms with Crippen molar-refractivity contribution < 1.29 is 4.39 Å². The highest BCUT2D eigenvalue weighted by Crippen LogP contribution is 2.53. The minimum absolute atomic E-state index is 0.257. The predicted molar refractivity (Wildman–Crippen MR) is 129 cm³/mol. The van der Waals surface area contributed by atoms with Gasteiger partial charge in [-0.2, -0.15) is 0 Å². The smallest absolute Gasteiger partial charge is 0.124 e. The molecule has 1 unspecified atom stereocenters. The van der Waals surface area contributed by atoms with Crippen LogP contribution in [0.15, 0.2) is 48.7 Å². The maximum absolute atomic E-state index is 13.6. The number of halogens is 1. The van der Waals surface area contributed by atoms with Gasteiger partial charge < -0.3 is 16.0 Å². The number of hydrogen-bond acceptors (Lipinski definition) is 3. The van der Waals surface area contributed by atoms with Crippen molar-refractivity contribution in [2.45, 2.75) is 51.5 Å². The van der Waals surface area contributed by atoms with Crippen LogP contribution in [-0.2, 0) is 12.0 Å². The third-order valence-corrected chi connectivity index (χ3v) is 7.60. The molecule has 1 saturated heterocycles. The number of nitrogens with one attached hydrogen (secondary N) is 3. The van der Waals surface area contributed by atoms with Gasteiger partial charge in [-0.1, -0.05) is 38.5 Å². The summed E-state index contributed by atoms with van der Waals surface area (Å²) >= 11 is 0. The molecule has 2 fully saturated rings. The molecule has 2 atom stereocenters. The highest BCUT2D eigenvalue weighted by Gasteiger charge is 2.50. The summed E-state index contributed by atoms with van der Waals surface area (Å²) in [6, 6.07) is 10.7. The molecule has 2 aromatic rings. The molecule has 0 radical (unpaired) electrons. The van der Waals surface area contributed by atoms with Gasteiger partial charge in [0.25, 0.3) is 0 Å². The lowest BCUT2D eigenvalue weighted by atomic mass is 9.58. The quantitative estimate of drug-likeness (QED) is 0.506. The van der Waals surface area contributed by atoms with Crippen molar-refractivity contribution in [3.8, 4) is 12.3 Å². The molecule has 4 heteroatoms. The zero-order valence-corrected chi connectivity index (χ0v) is 18.8. The lowest BCUT2D eigenvalue weighted by molar-refractivity contribution is 0.0701. The van der Waals surface area contributed by atoms with Crippen LogP contribution in [0.4, 0.5) is 15.8 Å². The van der Waals surface area contributed by atoms with Gasteiger partial charge in [-0.15, -0.1) is 6.42 Å². The Bertz CT molecular complexity index is 1160. The van der Waals surface area contributed by atoms with Crippen LogP contribution in [0.3, 0.4) is 0 Å². The zero-order valence-electron chi connectivity index (χ0n) is 18.8. The van der Waals surface area contributed by atoms with Gasteiger partial charge in [0.15, 0.2) is 0 Å². The number of benzene rings is 2. The van der Waals surface area contributed by atoms with Gasteiger partial charge in [-0.05, 0) is 66.0 Å². The number of allylic oxidation sites excluding steroid dienone is 1. The summed E-state index contributed by atoms with van der Waals surface area (Å²) in [5.41, 5.74) is 6.69. The summed E-state index contributed by atoms with van der Waals surface area (Å²) in [4.78, 5) is 0. The average molecular weight is 428 g/mol. The lowest BCUT2D eigenvalue weighted by Crippen LogP contribution is -2.51. The second-order valence-electron chi connectivity index (χ2n) is 10.6. The molecule has 1 saturated carbocycles. The second-order valence-corrected chi connectivity index (χ2v) is 10.6. The van der Waals surface area contributed by atoms with Crippen molar-refractivity contribution in [2.24, 2.45) is 17.3 Å². The van der Waals surface area contributed by atoms with E-state index in [-0.39, 0.29) is 11.4 Å². The van der Waals surface area contributed by atoms with Crippen LogP contribution in [0.2, 0.25) is 0 Å². The van der Waals surface area contributed by atoms with E-state index in [9.17, 15) is 4.39 Å². The van der Waals surface area contributed by atoms with Gasteiger partial charge in [-0.25, -0.2) is 4.39 Å². The van der Waals surface area contributed by atoms with Crippen LogP contribution in [0.1, 0.15) is 56.2 Å². The Balaban J connectivity index is 1.41. The fourth-order valence-corrected chi connectivity index (χ4v) is 6.17. The molecule has 0 bridgehead atoms. The second kappa shape index (κ2) is 7.24. The van der Waals surface area contributed by atoms with Crippen molar-refractivity contribution in [1.29, 1.82) is 5.41 Å². The van der Waals surface area contributed by atoms with E-state index >= 15 is 0 Å². The molecular weight excluding hydrogens is 397 g/mol. The van der Waals surface area contributed by atoms with Crippen LogP contribution in [0.5, 0.6) is 0 Å². The largest absolute Gasteiger partial charge is 0.379 e. The summed E-state index contributed by atoms with van der Waals surface area (Å²) < 4.78 is 13.6. The Morgan fingerprint density at radius 3 is 2.69 bits per heavy atom. The fraction of sp³-hybridized carbons (Fsp3) is 0.393. The van der Waals surface area contributed by atoms with E-state index in [2.05, 4.69) is 43.0 Å². The van der Waals surface area contributed by atoms with E-state index in [1.807, 2.05) is 12.1 Å². The van der Waals surface area contributed by atoms with Crippen molar-refractivity contribution in [2.75, 3.05) is 5.32 Å². The Morgan fingerprint density at radius 2 is 1.97 bits per heavy atom. The Hall–Kier alpha value is -3.06. The fourth-order valence-electron chi connectivity index (χ4n) is 6.17. The van der Waals surface area contributed by atoms with E-state index < -0.39 is 0 Å². The molecule has 1 heterocycles. The highest BCUT2D eigenvalue weighted by molar-refractivity contribution is 5.87. The molecule has 3 aliphatic rings. The number of fused-ring (bicyclic) bond motifs is 2. The average Bonchev–Trinajstić information content (AvgIpc) is 2.84. The van der Waals surface area contributed by atoms with Crippen LogP contribution < -0.4 is 10.6 Å². The molecule has 1 spiro atoms. The lowest BCUT2D eigenvalue weighted by Gasteiger charge is -2.47. The normalized spacial score (nSPS) is 26.2. The molecule has 3 N–H and O–H groups in total. The van der Waals surface area contributed by atoms with Crippen molar-refractivity contribution in [1.82, 2.24) is 5.32 Å². The molecule has 3 nitrogen and oxygen atoms in total. The molecular formula is C28H30FN3. The first kappa shape index (κ1) is 20.8. The maximum Gasteiger partial charge on any atom is 0.124 e. The van der Waals surface area contributed by atoms with E-state index in [4.69, 9.17) is 11.8 Å². The minimum Gasteiger partial charge on any atom is -0.379 e. The van der Waals surface area contributed by atoms with Gasteiger partial charge in [0.1, 0.15) is 5.82 Å². The molecule has 0 aromatic heterocycles. The first-order chi connectivity index (χ1) is 15.2. The Labute approximate surface area is 190 Å². The number of anilines is 2. The van der Waals surface area contributed by atoms with Crippen LogP contribution in [0.25, 0.3) is 0 Å². The first-order valence-electron chi connectivity index (χ1n) is 11.4. The summed E-state index contributed by atoms with van der Waals surface area (Å²) in [5, 5.41) is 16.1. The van der Waals surface area contributed by atoms with E-state index in [1.54, 1.807) is 6.07 Å². The van der Waals surface area contributed by atoms with Crippen LogP contribution >= 0.6 is 0 Å². The molecule has 5 rings (SSSR count). The van der Waals surface area contributed by atoms with E-state index in [1.165, 1.54) is 36.1 Å². The zero-order chi connectivity index (χ0) is 22.7. The molecule has 1 aliphatic heterocycles. The third-order valence-electron chi connectivity index (χ3n) is 7.60. The highest BCUT2D eigenvalue weighted by atomic mass is 19.1. The standard InChI is InChI=1S/C28H30FN3/c1-5-18-12-20(29)9-10-25(18)31-26-8-6-7-23-22(26)15-28(23)16-24(30)21(11-17(2)32-28)19-13-27(3,4)14-19/h1,6-10,12,19,21,30-32H,2,11,13-16H2,3-4H3/t21?,28-/m0/s1. The number of hydrogen-bond donors (Lipinski definition) is 3. The topological polar surface area (TPSA) is 47.9 Å². The Morgan fingerprint density at radius 1 is 1.19 bits per heavy atom. The summed E-state index contributed by atoms with van der Waals surface area (Å²) in [7, 11) is 0. The van der Waals surface area contributed by atoms with Crippen molar-refractivity contribution >= 4 is 17.1 Å². The summed E-state index contributed by atoms with van der Waals surface area (Å²) in [5.74, 6) is 3.12. The van der Waals surface area contributed by atoms with E-state index in [0.29, 0.717) is 22.8 Å².